The number of hydrogen-bond acceptors (Lipinski definition) is 12. The molecule has 10 rings (SSSR count). The Balaban J connectivity index is 0.000000170. The van der Waals surface area contributed by atoms with E-state index in [-0.39, 0.29) is 5.75 Å². The number of benzene rings is 4. The van der Waals surface area contributed by atoms with Crippen LogP contribution in [0.15, 0.2) is 183 Å². The lowest BCUT2D eigenvalue weighted by molar-refractivity contribution is 0.599. The lowest BCUT2D eigenvalue weighted by Gasteiger charge is -2.20. The zero-order valence-electron chi connectivity index (χ0n) is 37.0. The van der Waals surface area contributed by atoms with E-state index in [9.17, 15) is 16.8 Å². The van der Waals surface area contributed by atoms with Crippen LogP contribution < -0.4 is 19.7 Å². The third kappa shape index (κ3) is 10.0. The molecule has 6 aromatic heterocycles. The summed E-state index contributed by atoms with van der Waals surface area (Å²) < 4.78 is 56.1. The molecular weight excluding hydrogens is 897 g/mol. The summed E-state index contributed by atoms with van der Waals surface area (Å²) >= 11 is 0. The summed E-state index contributed by atoms with van der Waals surface area (Å²) in [6.07, 6.45) is 11.8. The van der Waals surface area contributed by atoms with Gasteiger partial charge in [-0.2, -0.15) is 0 Å². The van der Waals surface area contributed by atoms with Crippen LogP contribution in [0.5, 0.6) is 0 Å². The predicted molar refractivity (Wildman–Crippen MR) is 269 cm³/mol. The van der Waals surface area contributed by atoms with E-state index in [1.54, 1.807) is 66.0 Å². The fraction of sp³-hybridized carbons (Fsp3) is 0.0800. The van der Waals surface area contributed by atoms with Crippen LogP contribution in [0, 0.1) is 0 Å². The van der Waals surface area contributed by atoms with Gasteiger partial charge in [-0.3, -0.25) is 19.0 Å². The molecule has 0 aliphatic rings. The third-order valence-corrected chi connectivity index (χ3v) is 13.4. The van der Waals surface area contributed by atoms with Crippen LogP contribution in [-0.4, -0.2) is 75.1 Å². The SMILES string of the molecule is CCS(=O)(=O)Nc1ccccc1-c1ccc2cnc(Nc3ccc(-c4cccnc4)cc3)nn12.CN(c1ccccc1-c1ccc2cnc(Nc3ccc(-c4cccnc4)cc3)nn12)S(C)(=O)=O. The minimum Gasteiger partial charge on any atom is -0.323 e. The van der Waals surface area contributed by atoms with Gasteiger partial charge in [0.15, 0.2) is 0 Å². The highest BCUT2D eigenvalue weighted by molar-refractivity contribution is 7.92. The van der Waals surface area contributed by atoms with Gasteiger partial charge >= 0.3 is 0 Å². The Hall–Kier alpha value is -8.48. The molecule has 0 unspecified atom stereocenters. The van der Waals surface area contributed by atoms with Crippen molar-refractivity contribution in [3.05, 3.63) is 183 Å². The van der Waals surface area contributed by atoms with Gasteiger partial charge in [0.05, 0.1) is 58.2 Å². The number of hydrogen-bond donors (Lipinski definition) is 3. The van der Waals surface area contributed by atoms with Gasteiger partial charge in [0.25, 0.3) is 0 Å². The first-order valence-electron chi connectivity index (χ1n) is 21.3. The minimum absolute atomic E-state index is 0.00789. The molecule has 0 saturated carbocycles. The first kappa shape index (κ1) is 44.7. The Labute approximate surface area is 393 Å². The molecule has 6 heterocycles. The molecule has 10 aromatic rings. The van der Waals surface area contributed by atoms with Gasteiger partial charge in [0.2, 0.25) is 31.9 Å². The highest BCUT2D eigenvalue weighted by Crippen LogP contribution is 2.33. The van der Waals surface area contributed by atoms with Crippen molar-refractivity contribution in [3.8, 4) is 44.8 Å². The highest BCUT2D eigenvalue weighted by Gasteiger charge is 2.19. The van der Waals surface area contributed by atoms with E-state index in [4.69, 9.17) is 0 Å². The van der Waals surface area contributed by atoms with Gasteiger partial charge < -0.3 is 10.6 Å². The van der Waals surface area contributed by atoms with E-state index in [0.717, 1.165) is 67.2 Å². The van der Waals surface area contributed by atoms with E-state index in [1.165, 1.54) is 10.6 Å². The number of rotatable bonds is 13. The Kier molecular flexibility index (Phi) is 12.6. The number of nitrogens with one attached hydrogen (secondary N) is 3. The number of pyridine rings is 2. The predicted octanol–water partition coefficient (Wildman–Crippen LogP) is 9.56. The second kappa shape index (κ2) is 19.2. The molecule has 16 nitrogen and oxygen atoms in total. The zero-order valence-corrected chi connectivity index (χ0v) is 38.6. The standard InChI is InChI=1S/2C25H22N6O2S/c1-30(34(2,32)33)23-8-4-3-7-22(23)24-14-13-21-17-27-25(29-31(21)24)28-20-11-9-18(10-12-20)19-6-5-15-26-16-19;1-2-34(32,33)30-23-8-4-3-7-22(23)24-14-13-21-17-27-25(29-31(21)24)28-20-11-9-18(10-12-20)19-6-5-15-26-16-19/h3-17H,1-2H3,(H,28,29);3-17,30H,2H2,1H3,(H,28,29). The Bertz CT molecular complexity index is 3580. The Morgan fingerprint density at radius 1 is 0.529 bits per heavy atom. The minimum atomic E-state index is -3.42. The van der Waals surface area contributed by atoms with Crippen molar-refractivity contribution in [2.75, 3.05) is 38.7 Å². The maximum Gasteiger partial charge on any atom is 0.245 e. The molecule has 0 bridgehead atoms. The van der Waals surface area contributed by atoms with Gasteiger partial charge in [0.1, 0.15) is 0 Å². The van der Waals surface area contributed by atoms with Crippen LogP contribution >= 0.6 is 0 Å². The summed E-state index contributed by atoms with van der Waals surface area (Å²) in [6, 6.07) is 45.9. The number of aromatic nitrogens is 8. The zero-order chi connectivity index (χ0) is 47.3. The quantitative estimate of drug-likeness (QED) is 0.0993. The lowest BCUT2D eigenvalue weighted by atomic mass is 10.1. The molecule has 0 aliphatic heterocycles. The molecule has 0 radical (unpaired) electrons. The normalized spacial score (nSPS) is 11.5. The van der Waals surface area contributed by atoms with Gasteiger partial charge in [0, 0.05) is 54.3 Å². The fourth-order valence-electron chi connectivity index (χ4n) is 7.32. The van der Waals surface area contributed by atoms with E-state index in [2.05, 4.69) is 45.5 Å². The third-order valence-electron chi connectivity index (χ3n) is 10.9. The fourth-order valence-corrected chi connectivity index (χ4v) is 8.50. The molecule has 0 fully saturated rings. The number of sulfonamides is 2. The molecule has 0 amide bonds. The van der Waals surface area contributed by atoms with Crippen molar-refractivity contribution in [2.45, 2.75) is 6.92 Å². The molecule has 18 heteroatoms. The van der Waals surface area contributed by atoms with E-state index < -0.39 is 20.0 Å². The first-order valence-corrected chi connectivity index (χ1v) is 24.8. The highest BCUT2D eigenvalue weighted by atomic mass is 32.2. The molecule has 3 N–H and O–H groups in total. The average molecular weight is 941 g/mol. The van der Waals surface area contributed by atoms with Gasteiger partial charge in [-0.05, 0) is 102 Å². The van der Waals surface area contributed by atoms with E-state index in [0.29, 0.717) is 23.3 Å². The largest absolute Gasteiger partial charge is 0.323 e. The summed E-state index contributed by atoms with van der Waals surface area (Å²) in [4.78, 5) is 17.2. The van der Waals surface area contributed by atoms with Crippen LogP contribution in [-0.2, 0) is 20.0 Å². The van der Waals surface area contributed by atoms with Crippen LogP contribution in [0.3, 0.4) is 0 Å². The van der Waals surface area contributed by atoms with Crippen LogP contribution in [0.4, 0.5) is 34.6 Å². The second-order valence-corrected chi connectivity index (χ2v) is 19.5. The summed E-state index contributed by atoms with van der Waals surface area (Å²) in [6.45, 7) is 1.60. The Morgan fingerprint density at radius 2 is 1.01 bits per heavy atom. The van der Waals surface area contributed by atoms with Crippen molar-refractivity contribution in [1.82, 2.24) is 39.2 Å². The van der Waals surface area contributed by atoms with E-state index in [1.807, 2.05) is 140 Å². The topological polar surface area (TPSA) is 194 Å². The van der Waals surface area contributed by atoms with Crippen LogP contribution in [0.1, 0.15) is 6.92 Å². The number of nitrogens with zero attached hydrogens (tertiary/aromatic N) is 9. The summed E-state index contributed by atoms with van der Waals surface area (Å²) in [7, 11) is -5.30. The van der Waals surface area contributed by atoms with Crippen LogP contribution in [0.2, 0.25) is 0 Å². The Morgan fingerprint density at radius 3 is 1.50 bits per heavy atom. The molecular formula is C50H44N12O4S2. The summed E-state index contributed by atoms with van der Waals surface area (Å²) in [5.41, 5.74) is 11.6. The van der Waals surface area contributed by atoms with Crippen molar-refractivity contribution in [3.63, 3.8) is 0 Å². The molecule has 0 saturated heterocycles. The van der Waals surface area contributed by atoms with Crippen molar-refractivity contribution in [1.29, 1.82) is 0 Å². The summed E-state index contributed by atoms with van der Waals surface area (Å²) in [5, 5.41) is 15.8. The molecule has 68 heavy (non-hydrogen) atoms. The second-order valence-electron chi connectivity index (χ2n) is 15.5. The number of para-hydroxylation sites is 2. The number of fused-ring (bicyclic) bond motifs is 2. The van der Waals surface area contributed by atoms with Crippen molar-refractivity contribution >= 4 is 65.7 Å². The monoisotopic (exact) mass is 940 g/mol. The van der Waals surface area contributed by atoms with E-state index >= 15 is 0 Å². The van der Waals surface area contributed by atoms with Gasteiger partial charge in [-0.15, -0.1) is 10.2 Å². The maximum atomic E-state index is 12.2. The molecule has 4 aromatic carbocycles. The molecule has 340 valence electrons. The van der Waals surface area contributed by atoms with Crippen molar-refractivity contribution < 1.29 is 16.8 Å². The average Bonchev–Trinajstić information content (AvgIpc) is 3.99. The van der Waals surface area contributed by atoms with Crippen LogP contribution in [0.25, 0.3) is 55.8 Å². The smallest absolute Gasteiger partial charge is 0.245 e. The summed E-state index contributed by atoms with van der Waals surface area (Å²) in [5.74, 6) is 0.838. The maximum absolute atomic E-state index is 12.2. The molecule has 0 atom stereocenters. The molecule has 0 aliphatic carbocycles. The van der Waals surface area contributed by atoms with Gasteiger partial charge in [-0.25, -0.2) is 35.8 Å². The van der Waals surface area contributed by atoms with Crippen molar-refractivity contribution in [2.24, 2.45) is 0 Å². The number of anilines is 6. The van der Waals surface area contributed by atoms with Gasteiger partial charge in [-0.1, -0.05) is 72.8 Å². The lowest BCUT2D eigenvalue weighted by Crippen LogP contribution is -2.25. The first-order chi connectivity index (χ1) is 32.9. The molecule has 0 spiro atoms.